The summed E-state index contributed by atoms with van der Waals surface area (Å²) in [6, 6.07) is 2.46. The maximum Gasteiger partial charge on any atom is 0.334 e. The average Bonchev–Trinajstić information content (AvgIpc) is 2.88. The van der Waals surface area contributed by atoms with Crippen molar-refractivity contribution in [2.75, 3.05) is 34.4 Å². The van der Waals surface area contributed by atoms with E-state index in [4.69, 9.17) is 14.2 Å². The van der Waals surface area contributed by atoms with Gasteiger partial charge in [-0.15, -0.1) is 0 Å². The molecule has 1 heterocycles. The molecule has 146 valence electrons. The maximum atomic E-state index is 12.2. The van der Waals surface area contributed by atoms with Crippen molar-refractivity contribution in [3.63, 3.8) is 0 Å². The number of likely N-dealkylation sites (N-methyl/N-ethyl adjacent to an activating group) is 1. The summed E-state index contributed by atoms with van der Waals surface area (Å²) in [6.45, 7) is 1.14. The van der Waals surface area contributed by atoms with Crippen molar-refractivity contribution in [3.05, 3.63) is 17.7 Å². The van der Waals surface area contributed by atoms with Gasteiger partial charge < -0.3 is 19.5 Å². The van der Waals surface area contributed by atoms with E-state index in [1.807, 2.05) is 0 Å². The van der Waals surface area contributed by atoms with Crippen LogP contribution in [-0.4, -0.2) is 68.0 Å². The number of rotatable bonds is 8. The van der Waals surface area contributed by atoms with Gasteiger partial charge in [0.15, 0.2) is 11.5 Å². The first-order valence-corrected chi connectivity index (χ1v) is 8.10. The number of hydrogen-bond acceptors (Lipinski definition) is 7. The molecule has 1 aromatic carbocycles. The zero-order chi connectivity index (χ0) is 20.1. The van der Waals surface area contributed by atoms with Crippen LogP contribution in [0.25, 0.3) is 0 Å². The van der Waals surface area contributed by atoms with E-state index in [-0.39, 0.29) is 13.1 Å². The molecule has 27 heavy (non-hydrogen) atoms. The molecule has 0 aromatic heterocycles. The van der Waals surface area contributed by atoms with Crippen molar-refractivity contribution in [1.29, 1.82) is 0 Å². The molecule has 1 aliphatic rings. The monoisotopic (exact) mass is 379 g/mol. The van der Waals surface area contributed by atoms with Gasteiger partial charge in [-0.3, -0.25) is 19.3 Å². The molecule has 0 bridgehead atoms. The minimum Gasteiger partial charge on any atom is -0.496 e. The molecular formula is C17H21N3O7. The smallest absolute Gasteiger partial charge is 0.334 e. The lowest BCUT2D eigenvalue weighted by Crippen LogP contribution is -2.41. The van der Waals surface area contributed by atoms with Crippen molar-refractivity contribution >= 4 is 23.8 Å². The maximum absolute atomic E-state index is 12.2. The summed E-state index contributed by atoms with van der Waals surface area (Å²) in [6.07, 6.45) is 0. The number of methoxy groups -OCH3 is 3. The highest BCUT2D eigenvalue weighted by Gasteiger charge is 2.44. The number of nitrogens with zero attached hydrogens (tertiary/aromatic N) is 2. The lowest BCUT2D eigenvalue weighted by molar-refractivity contribution is -0.143. The summed E-state index contributed by atoms with van der Waals surface area (Å²) in [5.41, 5.74) is 0.605. The quantitative estimate of drug-likeness (QED) is 0.505. The standard InChI is InChI=1S/C17H21N3O7/c1-5-19-15(22)16(23)20(17(19)24)9-14(21)18-8-10-6-12(26-3)13(27-4)7-11(10)25-2/h6-7H,5,8-9H2,1-4H3,(H,18,21). The molecule has 10 heteroatoms. The van der Waals surface area contributed by atoms with Crippen molar-refractivity contribution in [2.45, 2.75) is 13.5 Å². The summed E-state index contributed by atoms with van der Waals surface area (Å²) >= 11 is 0. The molecule has 0 radical (unpaired) electrons. The van der Waals surface area contributed by atoms with Crippen LogP contribution in [0.3, 0.4) is 0 Å². The number of hydrogen-bond donors (Lipinski definition) is 1. The van der Waals surface area contributed by atoms with Gasteiger partial charge in [0, 0.05) is 24.7 Å². The van der Waals surface area contributed by atoms with Gasteiger partial charge in [0.25, 0.3) is 0 Å². The number of carbonyl (C=O) groups excluding carboxylic acids is 4. The lowest BCUT2D eigenvalue weighted by Gasteiger charge is -2.16. The van der Waals surface area contributed by atoms with Crippen molar-refractivity contribution in [1.82, 2.24) is 15.1 Å². The highest BCUT2D eigenvalue weighted by atomic mass is 16.5. The van der Waals surface area contributed by atoms with Crippen LogP contribution < -0.4 is 19.5 Å². The van der Waals surface area contributed by atoms with Crippen LogP contribution in [0.4, 0.5) is 4.79 Å². The number of ether oxygens (including phenoxy) is 3. The molecule has 0 saturated carbocycles. The topological polar surface area (TPSA) is 114 Å². The van der Waals surface area contributed by atoms with Crippen molar-refractivity contribution in [3.8, 4) is 17.2 Å². The van der Waals surface area contributed by atoms with Gasteiger partial charge in [0.05, 0.1) is 21.3 Å². The molecule has 2 rings (SSSR count). The van der Waals surface area contributed by atoms with Gasteiger partial charge in [-0.1, -0.05) is 0 Å². The van der Waals surface area contributed by atoms with E-state index in [0.29, 0.717) is 27.7 Å². The molecule has 1 aliphatic heterocycles. The third kappa shape index (κ3) is 3.94. The second kappa shape index (κ2) is 8.39. The average molecular weight is 379 g/mol. The summed E-state index contributed by atoms with van der Waals surface area (Å²) in [5.74, 6) is -1.15. The first-order valence-electron chi connectivity index (χ1n) is 8.10. The van der Waals surface area contributed by atoms with E-state index in [2.05, 4.69) is 5.32 Å². The second-order valence-electron chi connectivity index (χ2n) is 5.52. The normalized spacial score (nSPS) is 13.9. The van der Waals surface area contributed by atoms with Crippen molar-refractivity contribution in [2.24, 2.45) is 0 Å². The van der Waals surface area contributed by atoms with E-state index >= 15 is 0 Å². The summed E-state index contributed by atoms with van der Waals surface area (Å²) in [7, 11) is 4.44. The Kier molecular flexibility index (Phi) is 6.22. The third-order valence-corrected chi connectivity index (χ3v) is 4.02. The fourth-order valence-electron chi connectivity index (χ4n) is 2.59. The molecule has 1 aromatic rings. The number of amides is 5. The van der Waals surface area contributed by atoms with Crippen LogP contribution >= 0.6 is 0 Å². The summed E-state index contributed by atoms with van der Waals surface area (Å²) in [5, 5.41) is 2.59. The molecule has 0 spiro atoms. The Labute approximate surface area is 155 Å². The highest BCUT2D eigenvalue weighted by Crippen LogP contribution is 2.34. The number of benzene rings is 1. The Balaban J connectivity index is 2.07. The fourth-order valence-corrected chi connectivity index (χ4v) is 2.59. The van der Waals surface area contributed by atoms with Crippen molar-refractivity contribution < 1.29 is 33.4 Å². The Hall–Kier alpha value is -3.30. The van der Waals surface area contributed by atoms with Gasteiger partial charge in [-0.25, -0.2) is 9.69 Å². The molecule has 0 unspecified atom stereocenters. The highest BCUT2D eigenvalue weighted by molar-refractivity contribution is 6.45. The molecule has 0 aliphatic carbocycles. The zero-order valence-electron chi connectivity index (χ0n) is 15.5. The Bertz CT molecular complexity index is 778. The van der Waals surface area contributed by atoms with Gasteiger partial charge in [0.1, 0.15) is 12.3 Å². The largest absolute Gasteiger partial charge is 0.496 e. The van der Waals surface area contributed by atoms with Gasteiger partial charge >= 0.3 is 17.8 Å². The summed E-state index contributed by atoms with van der Waals surface area (Å²) in [4.78, 5) is 49.1. The predicted molar refractivity (Wildman–Crippen MR) is 92.4 cm³/mol. The molecule has 1 saturated heterocycles. The van der Waals surface area contributed by atoms with E-state index in [1.165, 1.54) is 21.3 Å². The number of carbonyl (C=O) groups is 4. The first kappa shape index (κ1) is 20.0. The number of urea groups is 1. The van der Waals surface area contributed by atoms with Crippen LogP contribution in [0.5, 0.6) is 17.2 Å². The van der Waals surface area contributed by atoms with E-state index in [1.54, 1.807) is 19.1 Å². The van der Waals surface area contributed by atoms with Crippen LogP contribution in [0.15, 0.2) is 12.1 Å². The predicted octanol–water partition coefficient (Wildman–Crippen LogP) is 0.139. The Morgan fingerprint density at radius 1 is 0.926 bits per heavy atom. The van der Waals surface area contributed by atoms with Crippen LogP contribution in [0, 0.1) is 0 Å². The molecular weight excluding hydrogens is 358 g/mol. The molecule has 10 nitrogen and oxygen atoms in total. The van der Waals surface area contributed by atoms with Gasteiger partial charge in [0.2, 0.25) is 5.91 Å². The fraction of sp³-hybridized carbons (Fsp3) is 0.412. The molecule has 1 fully saturated rings. The third-order valence-electron chi connectivity index (χ3n) is 4.02. The number of imide groups is 2. The first-order chi connectivity index (χ1) is 12.9. The lowest BCUT2D eigenvalue weighted by atomic mass is 10.1. The summed E-state index contributed by atoms with van der Waals surface area (Å²) < 4.78 is 15.7. The SMILES string of the molecule is CCN1C(=O)C(=O)N(CC(=O)NCc2cc(OC)c(OC)cc2OC)C1=O. The van der Waals surface area contributed by atoms with Crippen LogP contribution in [0.2, 0.25) is 0 Å². The van der Waals surface area contributed by atoms with Gasteiger partial charge in [-0.05, 0) is 13.0 Å². The minimum absolute atomic E-state index is 0.0595. The van der Waals surface area contributed by atoms with E-state index < -0.39 is 30.3 Å². The Morgan fingerprint density at radius 3 is 2.00 bits per heavy atom. The molecule has 1 N–H and O–H groups in total. The van der Waals surface area contributed by atoms with Gasteiger partial charge in [-0.2, -0.15) is 0 Å². The molecule has 0 atom stereocenters. The van der Waals surface area contributed by atoms with E-state index in [9.17, 15) is 19.2 Å². The van der Waals surface area contributed by atoms with E-state index in [0.717, 1.165) is 4.90 Å². The molecule has 5 amide bonds. The van der Waals surface area contributed by atoms with Crippen LogP contribution in [0.1, 0.15) is 12.5 Å². The van der Waals surface area contributed by atoms with Crippen LogP contribution in [-0.2, 0) is 20.9 Å². The zero-order valence-corrected chi connectivity index (χ0v) is 15.5. The Morgan fingerprint density at radius 2 is 1.48 bits per heavy atom. The minimum atomic E-state index is -1.01. The second-order valence-corrected chi connectivity index (χ2v) is 5.52. The number of nitrogens with one attached hydrogen (secondary N) is 1.